The Kier molecular flexibility index (Phi) is 4.27. The zero-order valence-electron chi connectivity index (χ0n) is 10.9. The molecule has 0 radical (unpaired) electrons. The lowest BCUT2D eigenvalue weighted by atomic mass is 9.96. The minimum atomic E-state index is -0.381. The van der Waals surface area contributed by atoms with Crippen LogP contribution in [0.1, 0.15) is 26.2 Å². The summed E-state index contributed by atoms with van der Waals surface area (Å²) < 4.78 is 0. The van der Waals surface area contributed by atoms with E-state index in [1.54, 1.807) is 12.1 Å². The second kappa shape index (κ2) is 5.75. The molecule has 5 nitrogen and oxygen atoms in total. The number of nitrogens with two attached hydrogens (primary N) is 1. The second-order valence-corrected chi connectivity index (χ2v) is 5.44. The Bertz CT molecular complexity index is 479. The number of rotatable bonds is 3. The van der Waals surface area contributed by atoms with E-state index >= 15 is 0 Å². The highest BCUT2D eigenvalue weighted by Gasteiger charge is 2.30. The average molecular weight is 284 g/mol. The van der Waals surface area contributed by atoms with Gasteiger partial charge in [-0.2, -0.15) is 0 Å². The lowest BCUT2D eigenvalue weighted by Crippen LogP contribution is -2.49. The highest BCUT2D eigenvalue weighted by atomic mass is 35.5. The zero-order valence-corrected chi connectivity index (χ0v) is 11.6. The van der Waals surface area contributed by atoms with E-state index in [-0.39, 0.29) is 22.7 Å². The van der Waals surface area contributed by atoms with Crippen LogP contribution in [0.2, 0.25) is 5.02 Å². The molecular formula is C13H18ClN3O2. The second-order valence-electron chi connectivity index (χ2n) is 5.01. The summed E-state index contributed by atoms with van der Waals surface area (Å²) >= 11 is 5.85. The summed E-state index contributed by atoms with van der Waals surface area (Å²) in [6.45, 7) is 2.75. The molecule has 2 rings (SSSR count). The molecular weight excluding hydrogens is 266 g/mol. The highest BCUT2D eigenvalue weighted by Crippen LogP contribution is 2.35. The number of hydrogen-bond donors (Lipinski definition) is 1. The lowest BCUT2D eigenvalue weighted by molar-refractivity contribution is -0.384. The molecule has 1 saturated heterocycles. The SMILES string of the molecule is CC(N)C1CCCCN1c1ccc(Cl)cc1[N+](=O)[O-]. The molecule has 1 aliphatic rings. The fraction of sp³-hybridized carbons (Fsp3) is 0.538. The number of nitro groups is 1. The Morgan fingerprint density at radius 3 is 2.89 bits per heavy atom. The van der Waals surface area contributed by atoms with Crippen molar-refractivity contribution in [3.8, 4) is 0 Å². The van der Waals surface area contributed by atoms with Crippen LogP contribution in [-0.4, -0.2) is 23.6 Å². The molecule has 2 unspecified atom stereocenters. The maximum atomic E-state index is 11.2. The van der Waals surface area contributed by atoms with Crippen LogP contribution in [0.5, 0.6) is 0 Å². The van der Waals surface area contributed by atoms with E-state index in [2.05, 4.69) is 4.90 Å². The van der Waals surface area contributed by atoms with Crippen molar-refractivity contribution in [1.29, 1.82) is 0 Å². The van der Waals surface area contributed by atoms with E-state index in [1.807, 2.05) is 6.92 Å². The first-order valence-electron chi connectivity index (χ1n) is 6.47. The van der Waals surface area contributed by atoms with E-state index in [0.717, 1.165) is 25.8 Å². The van der Waals surface area contributed by atoms with E-state index in [4.69, 9.17) is 17.3 Å². The Morgan fingerprint density at radius 2 is 2.26 bits per heavy atom. The molecule has 1 heterocycles. The fourth-order valence-electron chi connectivity index (χ4n) is 2.69. The molecule has 0 amide bonds. The maximum Gasteiger partial charge on any atom is 0.294 e. The van der Waals surface area contributed by atoms with Crippen molar-refractivity contribution in [2.45, 2.75) is 38.3 Å². The Morgan fingerprint density at radius 1 is 1.53 bits per heavy atom. The lowest BCUT2D eigenvalue weighted by Gasteiger charge is -2.39. The quantitative estimate of drug-likeness (QED) is 0.684. The predicted molar refractivity (Wildman–Crippen MR) is 76.7 cm³/mol. The third kappa shape index (κ3) is 2.98. The third-order valence-corrected chi connectivity index (χ3v) is 3.83. The number of nitro benzene ring substituents is 1. The first-order chi connectivity index (χ1) is 9.00. The molecule has 0 spiro atoms. The van der Waals surface area contributed by atoms with E-state index in [1.165, 1.54) is 6.07 Å². The van der Waals surface area contributed by atoms with Gasteiger partial charge < -0.3 is 10.6 Å². The number of hydrogen-bond acceptors (Lipinski definition) is 4. The summed E-state index contributed by atoms with van der Waals surface area (Å²) in [5.41, 5.74) is 6.69. The smallest absolute Gasteiger partial charge is 0.294 e. The topological polar surface area (TPSA) is 72.4 Å². The van der Waals surface area contributed by atoms with E-state index < -0.39 is 0 Å². The van der Waals surface area contributed by atoms with Gasteiger partial charge in [0.25, 0.3) is 5.69 Å². The van der Waals surface area contributed by atoms with Gasteiger partial charge in [-0.15, -0.1) is 0 Å². The van der Waals surface area contributed by atoms with Crippen molar-refractivity contribution in [1.82, 2.24) is 0 Å². The van der Waals surface area contributed by atoms with Crippen molar-refractivity contribution in [3.63, 3.8) is 0 Å². The molecule has 1 aliphatic heterocycles. The van der Waals surface area contributed by atoms with Crippen LogP contribution in [0.25, 0.3) is 0 Å². The summed E-state index contributed by atoms with van der Waals surface area (Å²) in [5.74, 6) is 0. The highest BCUT2D eigenvalue weighted by molar-refractivity contribution is 6.30. The number of nitrogens with zero attached hydrogens (tertiary/aromatic N) is 2. The molecule has 2 atom stereocenters. The van der Waals surface area contributed by atoms with Gasteiger partial charge in [-0.25, -0.2) is 0 Å². The predicted octanol–water partition coefficient (Wildman–Crippen LogP) is 2.95. The van der Waals surface area contributed by atoms with Gasteiger partial charge in [0.15, 0.2) is 0 Å². The van der Waals surface area contributed by atoms with E-state index in [9.17, 15) is 10.1 Å². The number of benzene rings is 1. The monoisotopic (exact) mass is 283 g/mol. The van der Waals surface area contributed by atoms with Crippen LogP contribution >= 0.6 is 11.6 Å². The minimum absolute atomic E-state index is 0.0180. The Hall–Kier alpha value is -1.33. The molecule has 19 heavy (non-hydrogen) atoms. The minimum Gasteiger partial charge on any atom is -0.361 e. The van der Waals surface area contributed by atoms with Crippen molar-refractivity contribution in [3.05, 3.63) is 33.3 Å². The summed E-state index contributed by atoms with van der Waals surface area (Å²) in [6, 6.07) is 4.95. The molecule has 6 heteroatoms. The molecule has 1 aromatic rings. The van der Waals surface area contributed by atoms with Crippen LogP contribution in [0.15, 0.2) is 18.2 Å². The van der Waals surface area contributed by atoms with Gasteiger partial charge in [-0.3, -0.25) is 10.1 Å². The first-order valence-corrected chi connectivity index (χ1v) is 6.84. The third-order valence-electron chi connectivity index (χ3n) is 3.60. The van der Waals surface area contributed by atoms with Crippen molar-refractivity contribution >= 4 is 23.0 Å². The number of anilines is 1. The number of piperidine rings is 1. The average Bonchev–Trinajstić information content (AvgIpc) is 2.38. The summed E-state index contributed by atoms with van der Waals surface area (Å²) in [5, 5.41) is 11.6. The van der Waals surface area contributed by atoms with Gasteiger partial charge in [0.1, 0.15) is 5.69 Å². The van der Waals surface area contributed by atoms with Gasteiger partial charge in [0, 0.05) is 29.7 Å². The van der Waals surface area contributed by atoms with Crippen LogP contribution < -0.4 is 10.6 Å². The molecule has 0 aliphatic carbocycles. The van der Waals surface area contributed by atoms with Crippen molar-refractivity contribution in [2.75, 3.05) is 11.4 Å². The fourth-order valence-corrected chi connectivity index (χ4v) is 2.86. The van der Waals surface area contributed by atoms with E-state index in [0.29, 0.717) is 10.7 Å². The zero-order chi connectivity index (χ0) is 14.0. The molecule has 0 saturated carbocycles. The molecule has 2 N–H and O–H groups in total. The van der Waals surface area contributed by atoms with Gasteiger partial charge >= 0.3 is 0 Å². The Labute approximate surface area is 117 Å². The van der Waals surface area contributed by atoms with Crippen LogP contribution in [0.3, 0.4) is 0 Å². The summed E-state index contributed by atoms with van der Waals surface area (Å²) in [7, 11) is 0. The van der Waals surface area contributed by atoms with Gasteiger partial charge in [-0.05, 0) is 38.3 Å². The molecule has 104 valence electrons. The largest absolute Gasteiger partial charge is 0.361 e. The van der Waals surface area contributed by atoms with Gasteiger partial charge in [0.2, 0.25) is 0 Å². The van der Waals surface area contributed by atoms with Crippen LogP contribution in [-0.2, 0) is 0 Å². The normalized spacial score (nSPS) is 21.2. The molecule has 1 fully saturated rings. The molecule has 1 aromatic carbocycles. The Balaban J connectivity index is 2.41. The summed E-state index contributed by atoms with van der Waals surface area (Å²) in [6.07, 6.45) is 3.12. The maximum absolute atomic E-state index is 11.2. The van der Waals surface area contributed by atoms with Crippen LogP contribution in [0, 0.1) is 10.1 Å². The standard InChI is InChI=1S/C13H18ClN3O2/c1-9(15)11-4-2-3-7-16(11)12-6-5-10(14)8-13(12)17(18)19/h5-6,8-9,11H,2-4,7,15H2,1H3. The summed E-state index contributed by atoms with van der Waals surface area (Å²) in [4.78, 5) is 12.9. The van der Waals surface area contributed by atoms with Crippen LogP contribution in [0.4, 0.5) is 11.4 Å². The van der Waals surface area contributed by atoms with Gasteiger partial charge in [-0.1, -0.05) is 11.6 Å². The van der Waals surface area contributed by atoms with Crippen molar-refractivity contribution < 1.29 is 4.92 Å². The van der Waals surface area contributed by atoms with Gasteiger partial charge in [0.05, 0.1) is 4.92 Å². The van der Waals surface area contributed by atoms with Crippen molar-refractivity contribution in [2.24, 2.45) is 5.73 Å². The molecule has 0 aromatic heterocycles. The first kappa shape index (κ1) is 14.1. The molecule has 0 bridgehead atoms. The number of halogens is 1.